The van der Waals surface area contributed by atoms with Crippen molar-refractivity contribution in [3.8, 4) is 0 Å². The molecule has 0 unspecified atom stereocenters. The van der Waals surface area contributed by atoms with E-state index in [9.17, 15) is 9.90 Å². The van der Waals surface area contributed by atoms with Gasteiger partial charge in [-0.15, -0.1) is 0 Å². The molecule has 0 radical (unpaired) electrons. The van der Waals surface area contributed by atoms with Crippen molar-refractivity contribution in [3.63, 3.8) is 0 Å². The molecule has 0 aliphatic rings. The fraction of sp³-hybridized carbons (Fsp3) is 0.650. The largest absolute Gasteiger partial charge is 1.00 e. The first-order chi connectivity index (χ1) is 11.0. The van der Waals surface area contributed by atoms with Crippen molar-refractivity contribution in [1.82, 2.24) is 0 Å². The lowest BCUT2D eigenvalue weighted by molar-refractivity contribution is -0.855. The van der Waals surface area contributed by atoms with Gasteiger partial charge in [0.1, 0.15) is 0 Å². The standard InChI is InChI=1S/2C7H16N.C6H10O2.ClH/c2*1-5-8(4,6-2)7-3;1-3-4-5(2)6(7)8;/h2*5H,1,6-7H2,2-4H3;4H,3H2,1-2H3,(H,7,8);1H/q2*+1;;/p-2. The minimum absolute atomic E-state index is 0. The van der Waals surface area contributed by atoms with Gasteiger partial charge in [0.05, 0.1) is 58.6 Å². The Morgan fingerprint density at radius 1 is 0.880 bits per heavy atom. The number of carbonyl (C=O) groups excluding carboxylic acids is 1. The number of rotatable bonds is 8. The molecule has 0 aromatic carbocycles. The van der Waals surface area contributed by atoms with E-state index in [1.165, 1.54) is 6.92 Å². The van der Waals surface area contributed by atoms with Crippen LogP contribution >= 0.6 is 0 Å². The molecule has 0 heterocycles. The molecule has 0 aromatic heterocycles. The molecule has 0 saturated heterocycles. The number of carboxylic acids is 1. The molecule has 0 atom stereocenters. The number of hydrogen-bond donors (Lipinski definition) is 0. The predicted octanol–water partition coefficient (Wildman–Crippen LogP) is 0.329. The SMILES string of the molecule is C=C[N+](C)(CC)CC.C=C[N+](C)(CC)CC.CCC=C(C)C(=O)[O-].[Cl-]. The van der Waals surface area contributed by atoms with Crippen LogP contribution in [0.3, 0.4) is 0 Å². The van der Waals surface area contributed by atoms with Crippen LogP contribution in [0.15, 0.2) is 37.2 Å². The highest BCUT2D eigenvalue weighted by molar-refractivity contribution is 5.83. The number of halogens is 1. The summed E-state index contributed by atoms with van der Waals surface area (Å²) in [4.78, 5) is 9.91. The van der Waals surface area contributed by atoms with Gasteiger partial charge in [0, 0.05) is 0 Å². The summed E-state index contributed by atoms with van der Waals surface area (Å²) >= 11 is 0. The predicted molar refractivity (Wildman–Crippen MR) is 104 cm³/mol. The van der Waals surface area contributed by atoms with Gasteiger partial charge in [0.15, 0.2) is 0 Å². The van der Waals surface area contributed by atoms with Gasteiger partial charge < -0.3 is 31.3 Å². The van der Waals surface area contributed by atoms with Crippen LogP contribution in [0, 0.1) is 0 Å². The summed E-state index contributed by atoms with van der Waals surface area (Å²) in [6.45, 7) is 24.1. The number of carboxylic acid groups (broad SMARTS) is 1. The topological polar surface area (TPSA) is 40.1 Å². The van der Waals surface area contributed by atoms with E-state index >= 15 is 0 Å². The van der Waals surface area contributed by atoms with Gasteiger partial charge in [-0.3, -0.25) is 0 Å². The number of carbonyl (C=O) groups is 1. The van der Waals surface area contributed by atoms with Crippen molar-refractivity contribution >= 4 is 5.97 Å². The third kappa shape index (κ3) is 17.5. The van der Waals surface area contributed by atoms with E-state index in [-0.39, 0.29) is 12.4 Å². The van der Waals surface area contributed by atoms with Crippen LogP contribution < -0.4 is 17.5 Å². The maximum atomic E-state index is 9.91. The first kappa shape index (κ1) is 31.6. The Morgan fingerprint density at radius 3 is 1.20 bits per heavy atom. The average molecular weight is 377 g/mol. The smallest absolute Gasteiger partial charge is 0.0883 e. The van der Waals surface area contributed by atoms with Crippen molar-refractivity contribution in [2.24, 2.45) is 0 Å². The minimum atomic E-state index is -1.08. The normalized spacial score (nSPS) is 11.0. The molecule has 0 aliphatic heterocycles. The fourth-order valence-electron chi connectivity index (χ4n) is 1.35. The third-order valence-corrected chi connectivity index (χ3v) is 4.60. The van der Waals surface area contributed by atoms with E-state index in [2.05, 4.69) is 54.9 Å². The van der Waals surface area contributed by atoms with Gasteiger partial charge in [-0.2, -0.15) is 0 Å². The van der Waals surface area contributed by atoms with Gasteiger partial charge >= 0.3 is 0 Å². The summed E-state index contributed by atoms with van der Waals surface area (Å²) in [6, 6.07) is 0. The van der Waals surface area contributed by atoms with E-state index in [1.807, 2.05) is 19.3 Å². The van der Waals surface area contributed by atoms with Crippen molar-refractivity contribution in [2.45, 2.75) is 48.0 Å². The van der Waals surface area contributed by atoms with Crippen LogP contribution in [-0.4, -0.2) is 55.2 Å². The number of hydrogen-bond acceptors (Lipinski definition) is 2. The molecule has 0 aromatic rings. The number of allylic oxidation sites excluding steroid dienone is 1. The highest BCUT2D eigenvalue weighted by Gasteiger charge is 2.09. The lowest BCUT2D eigenvalue weighted by Gasteiger charge is -2.26. The van der Waals surface area contributed by atoms with Gasteiger partial charge in [-0.25, -0.2) is 0 Å². The zero-order valence-electron chi connectivity index (χ0n) is 17.8. The Hall–Kier alpha value is -1.10. The summed E-state index contributed by atoms with van der Waals surface area (Å²) in [5.74, 6) is -1.08. The van der Waals surface area contributed by atoms with Gasteiger partial charge in [-0.05, 0) is 59.8 Å². The first-order valence-electron chi connectivity index (χ1n) is 8.88. The van der Waals surface area contributed by atoms with Crippen LogP contribution in [-0.2, 0) is 4.79 Å². The van der Waals surface area contributed by atoms with Crippen molar-refractivity contribution in [1.29, 1.82) is 0 Å². The highest BCUT2D eigenvalue weighted by Crippen LogP contribution is 1.99. The van der Waals surface area contributed by atoms with E-state index in [0.717, 1.165) is 41.6 Å². The van der Waals surface area contributed by atoms with Crippen LogP contribution in [0.1, 0.15) is 48.0 Å². The summed E-state index contributed by atoms with van der Waals surface area (Å²) in [5.41, 5.74) is 0.313. The van der Waals surface area contributed by atoms with Crippen LogP contribution in [0.5, 0.6) is 0 Å². The van der Waals surface area contributed by atoms with Crippen LogP contribution in [0.25, 0.3) is 0 Å². The highest BCUT2D eigenvalue weighted by atomic mass is 35.5. The fourth-order valence-corrected chi connectivity index (χ4v) is 1.35. The third-order valence-electron chi connectivity index (χ3n) is 4.60. The van der Waals surface area contributed by atoms with E-state index in [1.54, 1.807) is 6.08 Å². The van der Waals surface area contributed by atoms with E-state index < -0.39 is 5.97 Å². The molecule has 0 spiro atoms. The maximum absolute atomic E-state index is 9.91. The second-order valence-electron chi connectivity index (χ2n) is 6.17. The Bertz CT molecular complexity index is 363. The van der Waals surface area contributed by atoms with Crippen LogP contribution in [0.2, 0.25) is 0 Å². The molecular formula is C20H41ClN2O2. The zero-order valence-corrected chi connectivity index (χ0v) is 18.5. The summed E-state index contributed by atoms with van der Waals surface area (Å²) in [5, 5.41) is 9.91. The Kier molecular flexibility index (Phi) is 22.4. The number of aliphatic carboxylic acids is 1. The van der Waals surface area contributed by atoms with E-state index in [4.69, 9.17) is 0 Å². The Labute approximate surface area is 163 Å². The lowest BCUT2D eigenvalue weighted by Crippen LogP contribution is -3.00. The Morgan fingerprint density at radius 2 is 1.16 bits per heavy atom. The molecule has 25 heavy (non-hydrogen) atoms. The second kappa shape index (κ2) is 17.7. The molecule has 0 fully saturated rings. The molecule has 0 rings (SSSR count). The van der Waals surface area contributed by atoms with Crippen molar-refractivity contribution in [3.05, 3.63) is 37.2 Å². The summed E-state index contributed by atoms with van der Waals surface area (Å²) in [6.07, 6.45) is 6.34. The molecule has 0 bridgehead atoms. The van der Waals surface area contributed by atoms with Crippen molar-refractivity contribution in [2.75, 3.05) is 40.3 Å². The van der Waals surface area contributed by atoms with Gasteiger partial charge in [0.25, 0.3) is 0 Å². The van der Waals surface area contributed by atoms with E-state index in [0.29, 0.717) is 5.57 Å². The van der Waals surface area contributed by atoms with Gasteiger partial charge in [-0.1, -0.05) is 13.0 Å². The zero-order chi connectivity index (χ0) is 19.8. The average Bonchev–Trinajstić information content (AvgIpc) is 2.61. The lowest BCUT2D eigenvalue weighted by atomic mass is 10.2. The molecule has 0 amide bonds. The molecule has 0 aliphatic carbocycles. The molecule has 5 heteroatoms. The number of nitrogens with zero attached hydrogens (tertiary/aromatic N) is 2. The molecular weight excluding hydrogens is 336 g/mol. The maximum Gasteiger partial charge on any atom is 0.0883 e. The minimum Gasteiger partial charge on any atom is -1.00 e. The van der Waals surface area contributed by atoms with Gasteiger partial charge in [0.2, 0.25) is 0 Å². The first-order valence-corrected chi connectivity index (χ1v) is 8.88. The quantitative estimate of drug-likeness (QED) is 0.452. The summed E-state index contributed by atoms with van der Waals surface area (Å²) in [7, 11) is 4.35. The number of quaternary nitrogens is 2. The summed E-state index contributed by atoms with van der Waals surface area (Å²) < 4.78 is 1.94. The Balaban J connectivity index is -0.000000130. The van der Waals surface area contributed by atoms with Crippen molar-refractivity contribution < 1.29 is 31.3 Å². The molecule has 150 valence electrons. The molecule has 4 nitrogen and oxygen atoms in total. The monoisotopic (exact) mass is 376 g/mol. The molecule has 0 saturated carbocycles. The van der Waals surface area contributed by atoms with Crippen LogP contribution in [0.4, 0.5) is 0 Å². The second-order valence-corrected chi connectivity index (χ2v) is 6.17. The molecule has 0 N–H and O–H groups in total.